The standard InChI is InChI=1S/C25H24ClN3O6/c1-16(29-33-15-18-7-5-9-20(26)13-18)19-8-6-10-21(14-19)34-25-23(35-22(30)11-12-31-3)24(32-4)27-17(2)28-25/h5-14H,15H2,1-4H3. The number of aromatic nitrogens is 2. The lowest BCUT2D eigenvalue weighted by Crippen LogP contribution is -2.09. The SMILES string of the molecule is COC=CC(=O)Oc1c(OC)nc(C)nc1Oc1cccc(C(C)=NOCc2cccc(Cl)c2)c1. The van der Waals surface area contributed by atoms with E-state index in [0.29, 0.717) is 22.3 Å². The molecule has 0 aliphatic rings. The second-order valence-electron chi connectivity index (χ2n) is 7.08. The maximum atomic E-state index is 12.1. The summed E-state index contributed by atoms with van der Waals surface area (Å²) >= 11 is 6.00. The Hall–Kier alpha value is -4.11. The first kappa shape index (κ1) is 25.5. The van der Waals surface area contributed by atoms with Gasteiger partial charge in [0.15, 0.2) is 0 Å². The molecule has 3 rings (SSSR count). The molecule has 0 amide bonds. The van der Waals surface area contributed by atoms with Crippen LogP contribution in [-0.2, 0) is 21.0 Å². The summed E-state index contributed by atoms with van der Waals surface area (Å²) in [4.78, 5) is 26.0. The van der Waals surface area contributed by atoms with Crippen LogP contribution in [0.2, 0.25) is 5.02 Å². The number of carbonyl (C=O) groups excluding carboxylic acids is 1. The Balaban J connectivity index is 1.80. The van der Waals surface area contributed by atoms with Gasteiger partial charge in [-0.3, -0.25) is 0 Å². The monoisotopic (exact) mass is 497 g/mol. The molecule has 0 unspecified atom stereocenters. The summed E-state index contributed by atoms with van der Waals surface area (Å²) < 4.78 is 21.3. The molecule has 10 heteroatoms. The first-order valence-electron chi connectivity index (χ1n) is 10.4. The molecule has 0 radical (unpaired) electrons. The van der Waals surface area contributed by atoms with Crippen molar-refractivity contribution in [1.29, 1.82) is 0 Å². The van der Waals surface area contributed by atoms with Crippen molar-refractivity contribution >= 4 is 23.3 Å². The number of aryl methyl sites for hydroxylation is 1. The van der Waals surface area contributed by atoms with Crippen LogP contribution in [0.3, 0.4) is 0 Å². The topological polar surface area (TPSA) is 101 Å². The Labute approximate surface area is 207 Å². The number of rotatable bonds is 10. The number of halogens is 1. The highest BCUT2D eigenvalue weighted by Crippen LogP contribution is 2.37. The summed E-state index contributed by atoms with van der Waals surface area (Å²) in [6.45, 7) is 3.75. The molecule has 0 aliphatic carbocycles. The van der Waals surface area contributed by atoms with Crippen molar-refractivity contribution in [3.8, 4) is 23.3 Å². The van der Waals surface area contributed by atoms with Crippen LogP contribution < -0.4 is 14.2 Å². The lowest BCUT2D eigenvalue weighted by atomic mass is 10.1. The fourth-order valence-corrected chi connectivity index (χ4v) is 3.06. The Morgan fingerprint density at radius 2 is 1.86 bits per heavy atom. The molecule has 1 heterocycles. The van der Waals surface area contributed by atoms with E-state index in [1.807, 2.05) is 31.2 Å². The second-order valence-corrected chi connectivity index (χ2v) is 7.52. The fraction of sp³-hybridized carbons (Fsp3) is 0.200. The van der Waals surface area contributed by atoms with Crippen LogP contribution in [0.1, 0.15) is 23.9 Å². The van der Waals surface area contributed by atoms with E-state index in [4.69, 9.17) is 35.4 Å². The molecule has 0 N–H and O–H groups in total. The first-order chi connectivity index (χ1) is 16.9. The van der Waals surface area contributed by atoms with E-state index < -0.39 is 5.97 Å². The van der Waals surface area contributed by atoms with Crippen molar-refractivity contribution in [2.24, 2.45) is 5.16 Å². The van der Waals surface area contributed by atoms with Crippen molar-refractivity contribution in [3.63, 3.8) is 0 Å². The lowest BCUT2D eigenvalue weighted by molar-refractivity contribution is -0.129. The van der Waals surface area contributed by atoms with Crippen molar-refractivity contribution in [1.82, 2.24) is 9.97 Å². The predicted molar refractivity (Wildman–Crippen MR) is 130 cm³/mol. The third-order valence-corrected chi connectivity index (χ3v) is 4.67. The Kier molecular flexibility index (Phi) is 9.02. The average molecular weight is 498 g/mol. The summed E-state index contributed by atoms with van der Waals surface area (Å²) in [7, 11) is 2.81. The minimum atomic E-state index is -0.712. The Morgan fingerprint density at radius 3 is 2.60 bits per heavy atom. The highest BCUT2D eigenvalue weighted by Gasteiger charge is 2.20. The van der Waals surface area contributed by atoms with Gasteiger partial charge in [0.25, 0.3) is 17.5 Å². The smallest absolute Gasteiger partial charge is 0.339 e. The number of benzene rings is 2. The maximum Gasteiger partial charge on any atom is 0.339 e. The van der Waals surface area contributed by atoms with Crippen molar-refractivity contribution in [2.75, 3.05) is 14.2 Å². The quantitative estimate of drug-likeness (QED) is 0.123. The average Bonchev–Trinajstić information content (AvgIpc) is 2.84. The molecule has 2 aromatic carbocycles. The minimum Gasteiger partial charge on any atom is -0.504 e. The molecule has 0 spiro atoms. The first-order valence-corrected chi connectivity index (χ1v) is 10.8. The van der Waals surface area contributed by atoms with Gasteiger partial charge in [-0.1, -0.05) is 41.0 Å². The number of carbonyl (C=O) groups is 1. The normalized spacial score (nSPS) is 11.3. The number of hydrogen-bond donors (Lipinski definition) is 0. The van der Waals surface area contributed by atoms with Gasteiger partial charge in [0.1, 0.15) is 18.2 Å². The summed E-state index contributed by atoms with van der Waals surface area (Å²) in [6.07, 6.45) is 2.29. The van der Waals surface area contributed by atoms with Gasteiger partial charge in [0.2, 0.25) is 0 Å². The molecule has 9 nitrogen and oxygen atoms in total. The van der Waals surface area contributed by atoms with Gasteiger partial charge < -0.3 is 23.8 Å². The largest absolute Gasteiger partial charge is 0.504 e. The molecule has 0 fully saturated rings. The van der Waals surface area contributed by atoms with Crippen LogP contribution in [0.25, 0.3) is 0 Å². The Bertz CT molecular complexity index is 1250. The molecule has 0 bridgehead atoms. The predicted octanol–water partition coefficient (Wildman–Crippen LogP) is 5.25. The van der Waals surface area contributed by atoms with E-state index in [2.05, 4.69) is 15.1 Å². The summed E-state index contributed by atoms with van der Waals surface area (Å²) in [5, 5.41) is 4.81. The summed E-state index contributed by atoms with van der Waals surface area (Å²) in [5.74, 6) is 0.0807. The molecular weight excluding hydrogens is 474 g/mol. The van der Waals surface area contributed by atoms with Gasteiger partial charge in [-0.2, -0.15) is 9.97 Å². The van der Waals surface area contributed by atoms with Crippen LogP contribution in [0.5, 0.6) is 23.3 Å². The molecule has 35 heavy (non-hydrogen) atoms. The van der Waals surface area contributed by atoms with Crippen LogP contribution in [-0.4, -0.2) is 35.9 Å². The van der Waals surface area contributed by atoms with Crippen LogP contribution >= 0.6 is 11.6 Å². The maximum absolute atomic E-state index is 12.1. The molecular formula is C25H24ClN3O6. The second kappa shape index (κ2) is 12.4. The zero-order valence-electron chi connectivity index (χ0n) is 19.6. The Morgan fingerprint density at radius 1 is 1.09 bits per heavy atom. The van der Waals surface area contributed by atoms with Gasteiger partial charge in [-0.25, -0.2) is 4.79 Å². The molecule has 0 atom stereocenters. The number of ether oxygens (including phenoxy) is 4. The molecule has 182 valence electrons. The van der Waals surface area contributed by atoms with Crippen molar-refractivity contribution < 1.29 is 28.6 Å². The van der Waals surface area contributed by atoms with Gasteiger partial charge in [-0.15, -0.1) is 0 Å². The zero-order valence-corrected chi connectivity index (χ0v) is 20.4. The molecule has 1 aromatic heterocycles. The zero-order chi connectivity index (χ0) is 25.2. The number of nitrogens with zero attached hydrogens (tertiary/aromatic N) is 3. The van der Waals surface area contributed by atoms with Crippen LogP contribution in [0.4, 0.5) is 0 Å². The van der Waals surface area contributed by atoms with E-state index in [-0.39, 0.29) is 24.1 Å². The lowest BCUT2D eigenvalue weighted by Gasteiger charge is -2.13. The third-order valence-electron chi connectivity index (χ3n) is 4.44. The van der Waals surface area contributed by atoms with E-state index in [0.717, 1.165) is 17.2 Å². The van der Waals surface area contributed by atoms with E-state index in [9.17, 15) is 4.79 Å². The number of esters is 1. The third kappa shape index (κ3) is 7.44. The van der Waals surface area contributed by atoms with Gasteiger partial charge in [0, 0.05) is 10.6 Å². The van der Waals surface area contributed by atoms with E-state index in [1.54, 1.807) is 31.2 Å². The van der Waals surface area contributed by atoms with Crippen molar-refractivity contribution in [3.05, 3.63) is 82.8 Å². The van der Waals surface area contributed by atoms with Crippen molar-refractivity contribution in [2.45, 2.75) is 20.5 Å². The summed E-state index contributed by atoms with van der Waals surface area (Å²) in [6, 6.07) is 14.5. The van der Waals surface area contributed by atoms with Gasteiger partial charge in [0.05, 0.1) is 32.3 Å². The number of oxime groups is 1. The molecule has 0 saturated heterocycles. The number of hydrogen-bond acceptors (Lipinski definition) is 9. The fourth-order valence-electron chi connectivity index (χ4n) is 2.84. The minimum absolute atomic E-state index is 0.0115. The highest BCUT2D eigenvalue weighted by molar-refractivity contribution is 6.30. The molecule has 0 saturated carbocycles. The highest BCUT2D eigenvalue weighted by atomic mass is 35.5. The molecule has 3 aromatic rings. The van der Waals surface area contributed by atoms with E-state index in [1.165, 1.54) is 20.5 Å². The van der Waals surface area contributed by atoms with Crippen LogP contribution in [0, 0.1) is 6.92 Å². The van der Waals surface area contributed by atoms with E-state index >= 15 is 0 Å². The van der Waals surface area contributed by atoms with Crippen LogP contribution in [0.15, 0.2) is 66.0 Å². The van der Waals surface area contributed by atoms with Gasteiger partial charge >= 0.3 is 5.97 Å². The van der Waals surface area contributed by atoms with Gasteiger partial charge in [-0.05, 0) is 43.7 Å². The molecule has 0 aliphatic heterocycles. The number of methoxy groups -OCH3 is 2. The summed E-state index contributed by atoms with van der Waals surface area (Å²) in [5.41, 5.74) is 2.29.